The van der Waals surface area contributed by atoms with Crippen LogP contribution in [0.15, 0.2) is 65.7 Å². The van der Waals surface area contributed by atoms with E-state index >= 15 is 0 Å². The van der Waals surface area contributed by atoms with Gasteiger partial charge in [-0.3, -0.25) is 0 Å². The molecule has 0 aromatic heterocycles. The molecule has 0 spiro atoms. The van der Waals surface area contributed by atoms with Crippen LogP contribution in [-0.2, 0) is 0 Å². The monoisotopic (exact) mass is 281 g/mol. The second-order valence-electron chi connectivity index (χ2n) is 6.04. The third-order valence-electron chi connectivity index (χ3n) is 2.94. The average molecular weight is 281 g/mol. The molecule has 0 aliphatic rings. The molecule has 0 amide bonds. The van der Waals surface area contributed by atoms with Gasteiger partial charge in [-0.15, -0.1) is 0 Å². The van der Waals surface area contributed by atoms with E-state index in [-0.39, 0.29) is 5.54 Å². The molecule has 2 rings (SSSR count). The zero-order valence-electron chi connectivity index (χ0n) is 13.2. The minimum absolute atomic E-state index is 0.0589. The summed E-state index contributed by atoms with van der Waals surface area (Å²) in [5.74, 6) is 0.833. The van der Waals surface area contributed by atoms with E-state index in [1.54, 1.807) is 0 Å². The summed E-state index contributed by atoms with van der Waals surface area (Å²) in [6, 6.07) is 20.2. The Balaban J connectivity index is 2.35. The number of hydrogen-bond acceptors (Lipinski definition) is 1. The molecule has 2 aromatic rings. The molecule has 110 valence electrons. The van der Waals surface area contributed by atoms with Gasteiger partial charge < -0.3 is 10.2 Å². The van der Waals surface area contributed by atoms with Gasteiger partial charge in [0, 0.05) is 18.3 Å². The maximum Gasteiger partial charge on any atom is 0.203 e. The maximum atomic E-state index is 4.75. The molecular formula is C18H23N3. The summed E-state index contributed by atoms with van der Waals surface area (Å²) in [5, 5.41) is 3.48. The van der Waals surface area contributed by atoms with E-state index in [9.17, 15) is 0 Å². The Morgan fingerprint density at radius 3 is 1.95 bits per heavy atom. The van der Waals surface area contributed by atoms with Gasteiger partial charge in [-0.25, -0.2) is 4.99 Å². The molecule has 0 fully saturated rings. The molecule has 0 unspecified atom stereocenters. The maximum absolute atomic E-state index is 4.75. The van der Waals surface area contributed by atoms with Crippen LogP contribution >= 0.6 is 0 Å². The second kappa shape index (κ2) is 6.44. The highest BCUT2D eigenvalue weighted by Crippen LogP contribution is 2.16. The Labute approximate surface area is 127 Å². The van der Waals surface area contributed by atoms with E-state index in [0.29, 0.717) is 0 Å². The minimum atomic E-state index is -0.0589. The first-order valence-corrected chi connectivity index (χ1v) is 7.16. The second-order valence-corrected chi connectivity index (χ2v) is 6.04. The molecule has 0 radical (unpaired) electrons. The Hall–Kier alpha value is -2.29. The number of rotatable bonds is 2. The number of nitrogens with zero attached hydrogens (tertiary/aromatic N) is 2. The predicted molar refractivity (Wildman–Crippen MR) is 91.3 cm³/mol. The Morgan fingerprint density at radius 2 is 1.43 bits per heavy atom. The third kappa shape index (κ3) is 4.63. The SMILES string of the molecule is CN(/C(=N\c1ccccc1)NC(C)(C)C)c1ccccc1. The highest BCUT2D eigenvalue weighted by molar-refractivity contribution is 5.97. The van der Waals surface area contributed by atoms with E-state index < -0.39 is 0 Å². The minimum Gasteiger partial charge on any atom is -0.351 e. The molecule has 2 aromatic carbocycles. The van der Waals surface area contributed by atoms with Crippen LogP contribution in [-0.4, -0.2) is 18.5 Å². The van der Waals surface area contributed by atoms with Crippen molar-refractivity contribution in [1.29, 1.82) is 0 Å². The van der Waals surface area contributed by atoms with Crippen molar-refractivity contribution in [1.82, 2.24) is 5.32 Å². The van der Waals surface area contributed by atoms with Gasteiger partial charge in [0.05, 0.1) is 5.69 Å². The fraction of sp³-hybridized carbons (Fsp3) is 0.278. The summed E-state index contributed by atoms with van der Waals surface area (Å²) in [7, 11) is 2.02. The van der Waals surface area contributed by atoms with E-state index in [2.05, 4.69) is 43.1 Å². The number of guanidine groups is 1. The van der Waals surface area contributed by atoms with Crippen LogP contribution in [0.5, 0.6) is 0 Å². The van der Waals surface area contributed by atoms with Crippen molar-refractivity contribution >= 4 is 17.3 Å². The molecule has 0 heterocycles. The van der Waals surface area contributed by atoms with Gasteiger partial charge in [-0.1, -0.05) is 36.4 Å². The van der Waals surface area contributed by atoms with Gasteiger partial charge in [-0.05, 0) is 45.0 Å². The van der Waals surface area contributed by atoms with Gasteiger partial charge in [0.1, 0.15) is 0 Å². The first-order valence-electron chi connectivity index (χ1n) is 7.16. The first kappa shape index (κ1) is 15.1. The van der Waals surface area contributed by atoms with Crippen LogP contribution in [0.25, 0.3) is 0 Å². The molecule has 0 saturated heterocycles. The molecule has 3 heteroatoms. The molecule has 0 saturated carbocycles. The van der Waals surface area contributed by atoms with Crippen LogP contribution in [0, 0.1) is 0 Å². The Morgan fingerprint density at radius 1 is 0.905 bits per heavy atom. The largest absolute Gasteiger partial charge is 0.351 e. The van der Waals surface area contributed by atoms with Crippen molar-refractivity contribution in [2.45, 2.75) is 26.3 Å². The van der Waals surface area contributed by atoms with E-state index in [1.165, 1.54) is 0 Å². The summed E-state index contributed by atoms with van der Waals surface area (Å²) in [4.78, 5) is 6.82. The van der Waals surface area contributed by atoms with E-state index in [4.69, 9.17) is 4.99 Å². The number of aliphatic imine (C=N–C) groups is 1. The van der Waals surface area contributed by atoms with Crippen molar-refractivity contribution in [3.05, 3.63) is 60.7 Å². The van der Waals surface area contributed by atoms with Crippen LogP contribution in [0.1, 0.15) is 20.8 Å². The van der Waals surface area contributed by atoms with Gasteiger partial charge in [0.15, 0.2) is 0 Å². The third-order valence-corrected chi connectivity index (χ3v) is 2.94. The van der Waals surface area contributed by atoms with Crippen LogP contribution in [0.2, 0.25) is 0 Å². The summed E-state index contributed by atoms with van der Waals surface area (Å²) in [6.07, 6.45) is 0. The quantitative estimate of drug-likeness (QED) is 0.660. The first-order chi connectivity index (χ1) is 9.96. The summed E-state index contributed by atoms with van der Waals surface area (Å²) in [5.41, 5.74) is 1.98. The van der Waals surface area contributed by atoms with Gasteiger partial charge in [-0.2, -0.15) is 0 Å². The van der Waals surface area contributed by atoms with E-state index in [1.807, 2.05) is 55.6 Å². The Kier molecular flexibility index (Phi) is 4.63. The highest BCUT2D eigenvalue weighted by Gasteiger charge is 2.16. The van der Waals surface area contributed by atoms with Crippen molar-refractivity contribution in [3.63, 3.8) is 0 Å². The van der Waals surface area contributed by atoms with Crippen LogP contribution in [0.3, 0.4) is 0 Å². The normalized spacial score (nSPS) is 12.1. The van der Waals surface area contributed by atoms with Crippen LogP contribution < -0.4 is 10.2 Å². The number of para-hydroxylation sites is 2. The van der Waals surface area contributed by atoms with Gasteiger partial charge in [0.25, 0.3) is 0 Å². The molecule has 21 heavy (non-hydrogen) atoms. The lowest BCUT2D eigenvalue weighted by Gasteiger charge is -2.29. The molecule has 0 aliphatic heterocycles. The average Bonchev–Trinajstić information content (AvgIpc) is 2.46. The number of nitrogens with one attached hydrogen (secondary N) is 1. The topological polar surface area (TPSA) is 27.6 Å². The molecule has 3 nitrogen and oxygen atoms in total. The lowest BCUT2D eigenvalue weighted by Crippen LogP contribution is -2.48. The van der Waals surface area contributed by atoms with Crippen molar-refractivity contribution < 1.29 is 0 Å². The summed E-state index contributed by atoms with van der Waals surface area (Å²) >= 11 is 0. The number of hydrogen-bond donors (Lipinski definition) is 1. The zero-order chi connectivity index (χ0) is 15.3. The molecular weight excluding hydrogens is 258 g/mol. The smallest absolute Gasteiger partial charge is 0.203 e. The molecule has 0 bridgehead atoms. The fourth-order valence-corrected chi connectivity index (χ4v) is 1.92. The summed E-state index contributed by atoms with van der Waals surface area (Å²) in [6.45, 7) is 6.39. The predicted octanol–water partition coefficient (Wildman–Crippen LogP) is 4.20. The standard InChI is InChI=1S/C18H23N3/c1-18(2,3)20-17(19-15-11-7-5-8-12-15)21(4)16-13-9-6-10-14-16/h5-14H,1-4H3,(H,19,20). The molecule has 0 atom stereocenters. The Bertz CT molecular complexity index is 583. The highest BCUT2D eigenvalue weighted by atomic mass is 15.3. The lowest BCUT2D eigenvalue weighted by molar-refractivity contribution is 0.508. The van der Waals surface area contributed by atoms with E-state index in [0.717, 1.165) is 17.3 Å². The molecule has 0 aliphatic carbocycles. The fourth-order valence-electron chi connectivity index (χ4n) is 1.92. The molecule has 1 N–H and O–H groups in total. The number of benzene rings is 2. The summed E-state index contributed by atoms with van der Waals surface area (Å²) < 4.78 is 0. The van der Waals surface area contributed by atoms with Crippen molar-refractivity contribution in [2.24, 2.45) is 4.99 Å². The van der Waals surface area contributed by atoms with Crippen molar-refractivity contribution in [3.8, 4) is 0 Å². The number of anilines is 1. The van der Waals surface area contributed by atoms with Gasteiger partial charge in [0.2, 0.25) is 5.96 Å². The van der Waals surface area contributed by atoms with Crippen LogP contribution in [0.4, 0.5) is 11.4 Å². The zero-order valence-corrected chi connectivity index (χ0v) is 13.2. The van der Waals surface area contributed by atoms with Gasteiger partial charge >= 0.3 is 0 Å². The van der Waals surface area contributed by atoms with Crippen molar-refractivity contribution in [2.75, 3.05) is 11.9 Å². The lowest BCUT2D eigenvalue weighted by atomic mass is 10.1.